The molecule has 0 amide bonds. The SMILES string of the molecule is CCCc1nc(C(C)n2cncn2)n[nH]1. The molecule has 2 rings (SSSR count). The summed E-state index contributed by atoms with van der Waals surface area (Å²) >= 11 is 0. The molecule has 1 atom stereocenters. The van der Waals surface area contributed by atoms with Crippen LogP contribution < -0.4 is 0 Å². The summed E-state index contributed by atoms with van der Waals surface area (Å²) in [6.45, 7) is 4.11. The highest BCUT2D eigenvalue weighted by Crippen LogP contribution is 2.11. The van der Waals surface area contributed by atoms with E-state index in [2.05, 4.69) is 32.2 Å². The van der Waals surface area contributed by atoms with E-state index in [0.717, 1.165) is 24.5 Å². The third-order valence-corrected chi connectivity index (χ3v) is 2.24. The molecule has 0 aliphatic heterocycles. The molecule has 0 saturated carbocycles. The number of nitrogens with one attached hydrogen (secondary N) is 1. The Bertz CT molecular complexity index is 404. The fourth-order valence-electron chi connectivity index (χ4n) is 1.38. The second-order valence-corrected chi connectivity index (χ2v) is 3.44. The van der Waals surface area contributed by atoms with Crippen molar-refractivity contribution in [1.82, 2.24) is 29.9 Å². The molecule has 2 heterocycles. The third-order valence-electron chi connectivity index (χ3n) is 2.24. The van der Waals surface area contributed by atoms with Crippen LogP contribution in [0.1, 0.15) is 38.0 Å². The molecule has 0 fully saturated rings. The lowest BCUT2D eigenvalue weighted by Crippen LogP contribution is -2.09. The number of H-pyrrole nitrogens is 1. The second-order valence-electron chi connectivity index (χ2n) is 3.44. The third kappa shape index (κ3) is 2.03. The minimum Gasteiger partial charge on any atom is -0.263 e. The van der Waals surface area contributed by atoms with Gasteiger partial charge in [0.15, 0.2) is 5.82 Å². The van der Waals surface area contributed by atoms with Crippen LogP contribution in [0.25, 0.3) is 0 Å². The Labute approximate surface area is 87.8 Å². The Morgan fingerprint density at radius 1 is 1.53 bits per heavy atom. The van der Waals surface area contributed by atoms with E-state index >= 15 is 0 Å². The average Bonchev–Trinajstić information content (AvgIpc) is 2.87. The van der Waals surface area contributed by atoms with Crippen LogP contribution in [-0.2, 0) is 6.42 Å². The zero-order valence-electron chi connectivity index (χ0n) is 8.88. The molecule has 0 spiro atoms. The van der Waals surface area contributed by atoms with Crippen molar-refractivity contribution in [1.29, 1.82) is 0 Å². The molecule has 0 saturated heterocycles. The lowest BCUT2D eigenvalue weighted by Gasteiger charge is -2.05. The van der Waals surface area contributed by atoms with Crippen LogP contribution in [0.3, 0.4) is 0 Å². The molecule has 2 aromatic heterocycles. The van der Waals surface area contributed by atoms with Crippen LogP contribution >= 0.6 is 0 Å². The summed E-state index contributed by atoms with van der Waals surface area (Å²) in [5.41, 5.74) is 0. The van der Waals surface area contributed by atoms with Gasteiger partial charge in [-0.15, -0.1) is 0 Å². The molecule has 0 bridgehead atoms. The van der Waals surface area contributed by atoms with Crippen LogP contribution in [0.5, 0.6) is 0 Å². The summed E-state index contributed by atoms with van der Waals surface area (Å²) in [5, 5.41) is 11.2. The number of rotatable bonds is 4. The van der Waals surface area contributed by atoms with E-state index in [1.807, 2.05) is 6.92 Å². The van der Waals surface area contributed by atoms with E-state index in [0.29, 0.717) is 0 Å². The molecule has 0 radical (unpaired) electrons. The number of hydrogen-bond acceptors (Lipinski definition) is 4. The molecule has 6 nitrogen and oxygen atoms in total. The summed E-state index contributed by atoms with van der Waals surface area (Å²) < 4.78 is 1.74. The molecule has 0 aromatic carbocycles. The Balaban J connectivity index is 2.15. The zero-order valence-corrected chi connectivity index (χ0v) is 8.88. The van der Waals surface area contributed by atoms with Crippen LogP contribution in [0.15, 0.2) is 12.7 Å². The van der Waals surface area contributed by atoms with Crippen molar-refractivity contribution in [2.75, 3.05) is 0 Å². The molecule has 2 aromatic rings. The molecule has 6 heteroatoms. The first-order valence-corrected chi connectivity index (χ1v) is 5.06. The first-order valence-electron chi connectivity index (χ1n) is 5.06. The van der Waals surface area contributed by atoms with Gasteiger partial charge in [0.2, 0.25) is 0 Å². The van der Waals surface area contributed by atoms with Gasteiger partial charge in [-0.25, -0.2) is 14.6 Å². The topological polar surface area (TPSA) is 72.3 Å². The van der Waals surface area contributed by atoms with E-state index in [1.165, 1.54) is 6.33 Å². The smallest absolute Gasteiger partial charge is 0.174 e. The van der Waals surface area contributed by atoms with E-state index in [1.54, 1.807) is 11.0 Å². The monoisotopic (exact) mass is 206 g/mol. The van der Waals surface area contributed by atoms with Crippen molar-refractivity contribution in [2.45, 2.75) is 32.7 Å². The van der Waals surface area contributed by atoms with Gasteiger partial charge in [-0.2, -0.15) is 10.2 Å². The Morgan fingerprint density at radius 3 is 3.07 bits per heavy atom. The van der Waals surface area contributed by atoms with Crippen LogP contribution in [0.4, 0.5) is 0 Å². The van der Waals surface area contributed by atoms with Crippen molar-refractivity contribution in [3.8, 4) is 0 Å². The van der Waals surface area contributed by atoms with Gasteiger partial charge in [0, 0.05) is 6.42 Å². The highest BCUT2D eigenvalue weighted by molar-refractivity contribution is 4.96. The molecular formula is C9H14N6. The van der Waals surface area contributed by atoms with Crippen molar-refractivity contribution in [3.05, 3.63) is 24.3 Å². The normalized spacial score (nSPS) is 12.9. The number of hydrogen-bond donors (Lipinski definition) is 1. The quantitative estimate of drug-likeness (QED) is 0.808. The Kier molecular flexibility index (Phi) is 2.75. The first-order chi connectivity index (χ1) is 7.31. The molecule has 0 aliphatic rings. The van der Waals surface area contributed by atoms with E-state index < -0.39 is 0 Å². The van der Waals surface area contributed by atoms with E-state index in [9.17, 15) is 0 Å². The number of aromatic nitrogens is 6. The van der Waals surface area contributed by atoms with Gasteiger partial charge in [-0.05, 0) is 13.3 Å². The van der Waals surface area contributed by atoms with Gasteiger partial charge in [0.25, 0.3) is 0 Å². The summed E-state index contributed by atoms with van der Waals surface area (Å²) in [7, 11) is 0. The molecule has 0 aliphatic carbocycles. The van der Waals surface area contributed by atoms with Gasteiger partial charge < -0.3 is 0 Å². The van der Waals surface area contributed by atoms with Crippen molar-refractivity contribution in [3.63, 3.8) is 0 Å². The predicted molar refractivity (Wildman–Crippen MR) is 54.2 cm³/mol. The Hall–Kier alpha value is -1.72. The lowest BCUT2D eigenvalue weighted by molar-refractivity contribution is 0.536. The van der Waals surface area contributed by atoms with E-state index in [4.69, 9.17) is 0 Å². The standard InChI is InChI=1S/C9H14N6/c1-3-4-8-12-9(14-13-8)7(2)15-6-10-5-11-15/h5-7H,3-4H2,1-2H3,(H,12,13,14). The molecule has 1 N–H and O–H groups in total. The fourth-order valence-corrected chi connectivity index (χ4v) is 1.38. The largest absolute Gasteiger partial charge is 0.263 e. The van der Waals surface area contributed by atoms with Crippen LogP contribution in [-0.4, -0.2) is 29.9 Å². The molecule has 80 valence electrons. The maximum Gasteiger partial charge on any atom is 0.174 e. The first kappa shape index (κ1) is 9.82. The zero-order chi connectivity index (χ0) is 10.7. The molecule has 1 unspecified atom stereocenters. The van der Waals surface area contributed by atoms with Crippen LogP contribution in [0, 0.1) is 0 Å². The van der Waals surface area contributed by atoms with Crippen LogP contribution in [0.2, 0.25) is 0 Å². The fraction of sp³-hybridized carbons (Fsp3) is 0.556. The van der Waals surface area contributed by atoms with Gasteiger partial charge >= 0.3 is 0 Å². The lowest BCUT2D eigenvalue weighted by atomic mass is 10.3. The van der Waals surface area contributed by atoms with Gasteiger partial charge in [-0.3, -0.25) is 5.10 Å². The summed E-state index contributed by atoms with van der Waals surface area (Å²) in [4.78, 5) is 8.30. The predicted octanol–water partition coefficient (Wildman–Crippen LogP) is 0.958. The number of aromatic amines is 1. The molecule has 15 heavy (non-hydrogen) atoms. The Morgan fingerprint density at radius 2 is 2.40 bits per heavy atom. The van der Waals surface area contributed by atoms with Gasteiger partial charge in [-0.1, -0.05) is 6.92 Å². The van der Waals surface area contributed by atoms with Crippen molar-refractivity contribution >= 4 is 0 Å². The maximum absolute atomic E-state index is 4.40. The summed E-state index contributed by atoms with van der Waals surface area (Å²) in [6, 6.07) is 0.0226. The number of aryl methyl sites for hydroxylation is 1. The summed E-state index contributed by atoms with van der Waals surface area (Å²) in [6.07, 6.45) is 5.17. The maximum atomic E-state index is 4.40. The highest BCUT2D eigenvalue weighted by Gasteiger charge is 2.13. The number of nitrogens with zero attached hydrogens (tertiary/aromatic N) is 5. The average molecular weight is 206 g/mol. The van der Waals surface area contributed by atoms with Gasteiger partial charge in [0.1, 0.15) is 24.5 Å². The second kappa shape index (κ2) is 4.20. The van der Waals surface area contributed by atoms with Gasteiger partial charge in [0.05, 0.1) is 0 Å². The molecular weight excluding hydrogens is 192 g/mol. The minimum atomic E-state index is 0.0226. The minimum absolute atomic E-state index is 0.0226. The van der Waals surface area contributed by atoms with Crippen molar-refractivity contribution < 1.29 is 0 Å². The van der Waals surface area contributed by atoms with Crippen molar-refractivity contribution in [2.24, 2.45) is 0 Å². The highest BCUT2D eigenvalue weighted by atomic mass is 15.4. The summed E-state index contributed by atoms with van der Waals surface area (Å²) in [5.74, 6) is 1.68. The van der Waals surface area contributed by atoms with E-state index in [-0.39, 0.29) is 6.04 Å².